The molecule has 6 nitrogen and oxygen atoms in total. The van der Waals surface area contributed by atoms with Crippen LogP contribution in [0.1, 0.15) is 37.9 Å². The molecule has 0 aliphatic carbocycles. The maximum absolute atomic E-state index is 9.73. The van der Waals surface area contributed by atoms with Gasteiger partial charge >= 0.3 is 0 Å². The van der Waals surface area contributed by atoms with Gasteiger partial charge in [0, 0.05) is 31.2 Å². The van der Waals surface area contributed by atoms with Gasteiger partial charge < -0.3 is 20.5 Å². The summed E-state index contributed by atoms with van der Waals surface area (Å²) in [5.41, 5.74) is 9.75. The average molecular weight is 354 g/mol. The van der Waals surface area contributed by atoms with E-state index in [0.29, 0.717) is 35.9 Å². The van der Waals surface area contributed by atoms with Gasteiger partial charge in [-0.1, -0.05) is 6.92 Å². The van der Waals surface area contributed by atoms with Crippen LogP contribution >= 0.6 is 0 Å². The van der Waals surface area contributed by atoms with Crippen molar-refractivity contribution in [2.24, 2.45) is 5.92 Å². The molecule has 1 fully saturated rings. The predicted octanol–water partition coefficient (Wildman–Crippen LogP) is 3.49. The van der Waals surface area contributed by atoms with Crippen LogP contribution in [0.2, 0.25) is 0 Å². The van der Waals surface area contributed by atoms with Crippen LogP contribution in [0.5, 0.6) is 5.75 Å². The number of rotatable bonds is 6. The van der Waals surface area contributed by atoms with Crippen LogP contribution in [0.25, 0.3) is 10.9 Å². The van der Waals surface area contributed by atoms with Crippen molar-refractivity contribution in [1.82, 2.24) is 4.98 Å². The molecule has 1 aromatic carbocycles. The Morgan fingerprint density at radius 3 is 2.77 bits per heavy atom. The quantitative estimate of drug-likeness (QED) is 0.771. The highest BCUT2D eigenvalue weighted by Crippen LogP contribution is 2.35. The SMILES string of the molecule is CCOc1cc2nc(CC)c(C#N)c(NCC3CCOCC3)c2cc1N. The van der Waals surface area contributed by atoms with Crippen molar-refractivity contribution in [2.45, 2.75) is 33.1 Å². The largest absolute Gasteiger partial charge is 0.492 e. The molecule has 3 rings (SSSR count). The molecule has 6 heteroatoms. The van der Waals surface area contributed by atoms with E-state index < -0.39 is 0 Å². The van der Waals surface area contributed by atoms with Crippen LogP contribution in [-0.4, -0.2) is 31.3 Å². The zero-order valence-corrected chi connectivity index (χ0v) is 15.5. The Balaban J connectivity index is 2.04. The second-order valence-corrected chi connectivity index (χ2v) is 6.55. The molecule has 0 spiro atoms. The Morgan fingerprint density at radius 2 is 2.12 bits per heavy atom. The molecule has 0 radical (unpaired) electrons. The normalized spacial score (nSPS) is 15.0. The third kappa shape index (κ3) is 3.68. The van der Waals surface area contributed by atoms with Crippen molar-refractivity contribution in [3.05, 3.63) is 23.4 Å². The summed E-state index contributed by atoms with van der Waals surface area (Å²) in [6.07, 6.45) is 2.77. The minimum Gasteiger partial charge on any atom is -0.492 e. The third-order valence-corrected chi connectivity index (χ3v) is 4.85. The summed E-state index contributed by atoms with van der Waals surface area (Å²) >= 11 is 0. The summed E-state index contributed by atoms with van der Waals surface area (Å²) in [7, 11) is 0. The second-order valence-electron chi connectivity index (χ2n) is 6.55. The lowest BCUT2D eigenvalue weighted by Crippen LogP contribution is -2.23. The molecule has 0 atom stereocenters. The standard InChI is InChI=1S/C20H26N4O2/c1-3-17-15(11-21)20(23-12-13-5-7-25-8-6-13)14-9-16(22)19(26-4-2)10-18(14)24-17/h9-10,13H,3-8,12,22H2,1-2H3,(H,23,24). The number of nitrogens with zero attached hydrogens (tertiary/aromatic N) is 2. The van der Waals surface area contributed by atoms with Crippen LogP contribution in [0.3, 0.4) is 0 Å². The number of hydrogen-bond donors (Lipinski definition) is 2. The van der Waals surface area contributed by atoms with E-state index in [1.165, 1.54) is 0 Å². The first-order chi connectivity index (χ1) is 12.7. The number of nitrogen functional groups attached to an aromatic ring is 1. The molecule has 2 aromatic rings. The molecule has 1 aliphatic heterocycles. The Labute approximate surface area is 154 Å². The number of nitriles is 1. The van der Waals surface area contributed by atoms with Crippen LogP contribution in [0, 0.1) is 17.2 Å². The maximum atomic E-state index is 9.73. The van der Waals surface area contributed by atoms with Gasteiger partial charge in [0.15, 0.2) is 0 Å². The molecule has 26 heavy (non-hydrogen) atoms. The van der Waals surface area contributed by atoms with Gasteiger partial charge in [-0.05, 0) is 38.2 Å². The van der Waals surface area contributed by atoms with Crippen molar-refractivity contribution >= 4 is 22.3 Å². The highest BCUT2D eigenvalue weighted by molar-refractivity contribution is 5.98. The average Bonchev–Trinajstić information content (AvgIpc) is 2.67. The number of ether oxygens (including phenoxy) is 2. The molecule has 2 heterocycles. The first-order valence-corrected chi connectivity index (χ1v) is 9.28. The van der Waals surface area contributed by atoms with Gasteiger partial charge in [-0.15, -0.1) is 0 Å². The highest BCUT2D eigenvalue weighted by atomic mass is 16.5. The zero-order valence-electron chi connectivity index (χ0n) is 15.5. The maximum Gasteiger partial charge on any atom is 0.144 e. The van der Waals surface area contributed by atoms with Gasteiger partial charge in [0.1, 0.15) is 11.8 Å². The number of anilines is 2. The molecule has 0 unspecified atom stereocenters. The Bertz CT molecular complexity index is 823. The van der Waals surface area contributed by atoms with Crippen LogP contribution in [0.15, 0.2) is 12.1 Å². The molecular weight excluding hydrogens is 328 g/mol. The lowest BCUT2D eigenvalue weighted by atomic mass is 9.99. The molecule has 1 aromatic heterocycles. The molecule has 0 saturated carbocycles. The fraction of sp³-hybridized carbons (Fsp3) is 0.500. The van der Waals surface area contributed by atoms with Crippen molar-refractivity contribution in [2.75, 3.05) is 37.4 Å². The first kappa shape index (κ1) is 18.3. The van der Waals surface area contributed by atoms with E-state index in [1.807, 2.05) is 26.0 Å². The number of fused-ring (bicyclic) bond motifs is 1. The number of aromatic nitrogens is 1. The number of aryl methyl sites for hydroxylation is 1. The molecule has 1 aliphatic rings. The van der Waals surface area contributed by atoms with Gasteiger partial charge in [0.05, 0.1) is 34.8 Å². The second kappa shape index (κ2) is 8.24. The number of hydrogen-bond acceptors (Lipinski definition) is 6. The smallest absolute Gasteiger partial charge is 0.144 e. The van der Waals surface area contributed by atoms with Crippen molar-refractivity contribution in [3.63, 3.8) is 0 Å². The van der Waals surface area contributed by atoms with Crippen molar-refractivity contribution in [3.8, 4) is 11.8 Å². The highest BCUT2D eigenvalue weighted by Gasteiger charge is 2.19. The summed E-state index contributed by atoms with van der Waals surface area (Å²) in [6, 6.07) is 6.06. The van der Waals surface area contributed by atoms with Gasteiger partial charge in [0.25, 0.3) is 0 Å². The molecule has 1 saturated heterocycles. The fourth-order valence-corrected chi connectivity index (χ4v) is 3.40. The van der Waals surface area contributed by atoms with Crippen molar-refractivity contribution in [1.29, 1.82) is 5.26 Å². The summed E-state index contributed by atoms with van der Waals surface area (Å²) < 4.78 is 11.0. The van der Waals surface area contributed by atoms with Gasteiger partial charge in [-0.3, -0.25) is 4.98 Å². The van der Waals surface area contributed by atoms with E-state index in [2.05, 4.69) is 16.4 Å². The molecular formula is C20H26N4O2. The first-order valence-electron chi connectivity index (χ1n) is 9.28. The number of benzene rings is 1. The van der Waals surface area contributed by atoms with Gasteiger partial charge in [-0.25, -0.2) is 0 Å². The summed E-state index contributed by atoms with van der Waals surface area (Å²) in [4.78, 5) is 4.69. The lowest BCUT2D eigenvalue weighted by Gasteiger charge is -2.24. The molecule has 3 N–H and O–H groups in total. The van der Waals surface area contributed by atoms with Crippen LogP contribution in [-0.2, 0) is 11.2 Å². The zero-order chi connectivity index (χ0) is 18.5. The van der Waals surface area contributed by atoms with E-state index in [-0.39, 0.29) is 0 Å². The third-order valence-electron chi connectivity index (χ3n) is 4.85. The van der Waals surface area contributed by atoms with Crippen molar-refractivity contribution < 1.29 is 9.47 Å². The lowest BCUT2D eigenvalue weighted by molar-refractivity contribution is 0.0699. The number of pyridine rings is 1. The summed E-state index contributed by atoms with van der Waals surface area (Å²) in [6.45, 7) is 6.90. The summed E-state index contributed by atoms with van der Waals surface area (Å²) in [5.74, 6) is 1.18. The number of nitrogens with two attached hydrogens (primary N) is 1. The number of nitrogens with one attached hydrogen (secondary N) is 1. The van der Waals surface area contributed by atoms with Gasteiger partial charge in [0.2, 0.25) is 0 Å². The van der Waals surface area contributed by atoms with E-state index in [4.69, 9.17) is 15.2 Å². The summed E-state index contributed by atoms with van der Waals surface area (Å²) in [5, 5.41) is 14.1. The molecule has 0 bridgehead atoms. The predicted molar refractivity (Wildman–Crippen MR) is 103 cm³/mol. The molecule has 138 valence electrons. The Hall–Kier alpha value is -2.52. The van der Waals surface area contributed by atoms with E-state index in [9.17, 15) is 5.26 Å². The van der Waals surface area contributed by atoms with Crippen LogP contribution in [0.4, 0.5) is 11.4 Å². The van der Waals surface area contributed by atoms with E-state index in [1.54, 1.807) is 0 Å². The monoisotopic (exact) mass is 354 g/mol. The minimum atomic E-state index is 0.543. The van der Waals surface area contributed by atoms with E-state index in [0.717, 1.165) is 54.9 Å². The van der Waals surface area contributed by atoms with E-state index >= 15 is 0 Å². The Kier molecular flexibility index (Phi) is 5.79. The van der Waals surface area contributed by atoms with Crippen LogP contribution < -0.4 is 15.8 Å². The topological polar surface area (TPSA) is 93.2 Å². The minimum absolute atomic E-state index is 0.543. The molecule has 0 amide bonds. The van der Waals surface area contributed by atoms with Gasteiger partial charge in [-0.2, -0.15) is 5.26 Å². The fourth-order valence-electron chi connectivity index (χ4n) is 3.40. The Morgan fingerprint density at radius 1 is 1.35 bits per heavy atom.